The van der Waals surface area contributed by atoms with Gasteiger partial charge in [0, 0.05) is 12.2 Å². The highest BCUT2D eigenvalue weighted by atomic mass is 16.5. The molecule has 0 aliphatic rings. The Morgan fingerprint density at radius 1 is 1.19 bits per heavy atom. The number of anilines is 1. The molecule has 4 heteroatoms. The summed E-state index contributed by atoms with van der Waals surface area (Å²) in [6.07, 6.45) is 0.938. The first-order valence-electron chi connectivity index (χ1n) is 7.02. The maximum Gasteiger partial charge on any atom is 0.262 e. The van der Waals surface area contributed by atoms with Crippen molar-refractivity contribution in [1.29, 1.82) is 0 Å². The van der Waals surface area contributed by atoms with Gasteiger partial charge in [-0.05, 0) is 35.7 Å². The Hall–Kier alpha value is -2.33. The van der Waals surface area contributed by atoms with Crippen LogP contribution < -0.4 is 15.8 Å². The molecule has 0 aliphatic heterocycles. The van der Waals surface area contributed by atoms with Gasteiger partial charge in [-0.2, -0.15) is 0 Å². The lowest BCUT2D eigenvalue weighted by Crippen LogP contribution is -2.21. The monoisotopic (exact) mass is 284 g/mol. The summed E-state index contributed by atoms with van der Waals surface area (Å²) in [6.45, 7) is 2.44. The molecule has 110 valence electrons. The smallest absolute Gasteiger partial charge is 0.262 e. The Labute approximate surface area is 124 Å². The average Bonchev–Trinajstić information content (AvgIpc) is 2.53. The lowest BCUT2D eigenvalue weighted by Gasteiger charge is -2.11. The van der Waals surface area contributed by atoms with Gasteiger partial charge in [-0.25, -0.2) is 0 Å². The normalized spacial score (nSPS) is 10.2. The van der Waals surface area contributed by atoms with E-state index in [9.17, 15) is 4.79 Å². The molecule has 21 heavy (non-hydrogen) atoms. The van der Waals surface area contributed by atoms with Gasteiger partial charge in [-0.3, -0.25) is 4.79 Å². The van der Waals surface area contributed by atoms with Gasteiger partial charge in [-0.15, -0.1) is 0 Å². The molecular weight excluding hydrogens is 264 g/mol. The number of para-hydroxylation sites is 1. The molecule has 1 amide bonds. The van der Waals surface area contributed by atoms with Crippen LogP contribution in [0.5, 0.6) is 5.75 Å². The molecule has 0 saturated heterocycles. The first-order valence-corrected chi connectivity index (χ1v) is 7.02. The second-order valence-corrected chi connectivity index (χ2v) is 4.70. The summed E-state index contributed by atoms with van der Waals surface area (Å²) in [5.41, 5.74) is 8.46. The maximum absolute atomic E-state index is 11.9. The number of rotatable bonds is 6. The van der Waals surface area contributed by atoms with Gasteiger partial charge in [0.15, 0.2) is 6.61 Å². The number of hydrogen-bond donors (Lipinski definition) is 2. The highest BCUT2D eigenvalue weighted by Gasteiger charge is 2.06. The van der Waals surface area contributed by atoms with Gasteiger partial charge in [0.05, 0.1) is 0 Å². The second-order valence-electron chi connectivity index (χ2n) is 4.70. The summed E-state index contributed by atoms with van der Waals surface area (Å²) in [4.78, 5) is 11.9. The van der Waals surface area contributed by atoms with Crippen LogP contribution in [-0.2, 0) is 17.8 Å². The number of carbonyl (C=O) groups is 1. The number of hydrogen-bond acceptors (Lipinski definition) is 3. The molecule has 4 nitrogen and oxygen atoms in total. The molecular formula is C17H20N2O2. The summed E-state index contributed by atoms with van der Waals surface area (Å²) in [6, 6.07) is 15.2. The van der Waals surface area contributed by atoms with E-state index >= 15 is 0 Å². The summed E-state index contributed by atoms with van der Waals surface area (Å²) < 4.78 is 5.51. The maximum atomic E-state index is 11.9. The number of benzene rings is 2. The summed E-state index contributed by atoms with van der Waals surface area (Å²) in [7, 11) is 0. The third kappa shape index (κ3) is 4.33. The summed E-state index contributed by atoms with van der Waals surface area (Å²) >= 11 is 0. The van der Waals surface area contributed by atoms with E-state index in [1.54, 1.807) is 0 Å². The molecule has 0 aliphatic carbocycles. The van der Waals surface area contributed by atoms with Crippen LogP contribution in [0.1, 0.15) is 18.1 Å². The molecule has 2 aromatic rings. The van der Waals surface area contributed by atoms with E-state index in [4.69, 9.17) is 10.5 Å². The van der Waals surface area contributed by atoms with Crippen molar-refractivity contribution in [2.45, 2.75) is 19.9 Å². The fourth-order valence-corrected chi connectivity index (χ4v) is 2.01. The third-order valence-electron chi connectivity index (χ3n) is 3.19. The van der Waals surface area contributed by atoms with E-state index in [1.165, 1.54) is 5.56 Å². The topological polar surface area (TPSA) is 64.3 Å². The van der Waals surface area contributed by atoms with Gasteiger partial charge in [0.1, 0.15) is 5.75 Å². The van der Waals surface area contributed by atoms with E-state index < -0.39 is 0 Å². The summed E-state index contributed by atoms with van der Waals surface area (Å²) in [5.74, 6) is 0.509. The average molecular weight is 284 g/mol. The molecule has 0 unspecified atom stereocenters. The molecule has 0 heterocycles. The molecule has 0 saturated carbocycles. The van der Waals surface area contributed by atoms with Crippen LogP contribution in [0.3, 0.4) is 0 Å². The van der Waals surface area contributed by atoms with E-state index in [1.807, 2.05) is 48.5 Å². The number of nitrogens with one attached hydrogen (secondary N) is 1. The van der Waals surface area contributed by atoms with Gasteiger partial charge >= 0.3 is 0 Å². The lowest BCUT2D eigenvalue weighted by molar-refractivity contribution is -0.118. The Balaban J connectivity index is 1.92. The zero-order valence-corrected chi connectivity index (χ0v) is 12.1. The van der Waals surface area contributed by atoms with Crippen molar-refractivity contribution in [3.8, 4) is 5.75 Å². The quantitative estimate of drug-likeness (QED) is 0.857. The van der Waals surface area contributed by atoms with Crippen LogP contribution in [0.2, 0.25) is 0 Å². The van der Waals surface area contributed by atoms with Crippen LogP contribution in [-0.4, -0.2) is 12.5 Å². The van der Waals surface area contributed by atoms with E-state index in [-0.39, 0.29) is 12.5 Å². The highest BCUT2D eigenvalue weighted by Crippen LogP contribution is 2.15. The standard InChI is InChI=1S/C17H20N2O2/c1-2-13-6-5-8-15(10-13)21-12-17(20)19-16-9-4-3-7-14(16)11-18/h3-10H,2,11-12,18H2,1H3,(H,19,20). The molecule has 0 bridgehead atoms. The van der Waals surface area contributed by atoms with Crippen LogP contribution in [0.25, 0.3) is 0 Å². The largest absolute Gasteiger partial charge is 0.484 e. The van der Waals surface area contributed by atoms with Crippen molar-refractivity contribution in [3.63, 3.8) is 0 Å². The third-order valence-corrected chi connectivity index (χ3v) is 3.19. The Bertz CT molecular complexity index is 611. The number of carbonyl (C=O) groups excluding carboxylic acids is 1. The number of nitrogens with two attached hydrogens (primary N) is 1. The second kappa shape index (κ2) is 7.45. The van der Waals surface area contributed by atoms with Gasteiger partial charge in [-0.1, -0.05) is 37.3 Å². The minimum Gasteiger partial charge on any atom is -0.484 e. The van der Waals surface area contributed by atoms with E-state index in [0.717, 1.165) is 17.7 Å². The molecule has 0 fully saturated rings. The van der Waals surface area contributed by atoms with Crippen molar-refractivity contribution < 1.29 is 9.53 Å². The molecule has 0 radical (unpaired) electrons. The van der Waals surface area contributed by atoms with E-state index in [2.05, 4.69) is 12.2 Å². The Morgan fingerprint density at radius 2 is 2.00 bits per heavy atom. The molecule has 0 spiro atoms. The van der Waals surface area contributed by atoms with Crippen molar-refractivity contribution in [2.24, 2.45) is 5.73 Å². The first kappa shape index (κ1) is 15.1. The number of aryl methyl sites for hydroxylation is 1. The van der Waals surface area contributed by atoms with Gasteiger partial charge in [0.25, 0.3) is 5.91 Å². The SMILES string of the molecule is CCc1cccc(OCC(=O)Nc2ccccc2CN)c1. The molecule has 2 aromatic carbocycles. The predicted octanol–water partition coefficient (Wildman–Crippen LogP) is 2.73. The lowest BCUT2D eigenvalue weighted by atomic mass is 10.2. The number of amides is 1. The molecule has 0 atom stereocenters. The fourth-order valence-electron chi connectivity index (χ4n) is 2.01. The molecule has 2 rings (SSSR count). The first-order chi connectivity index (χ1) is 10.2. The summed E-state index contributed by atoms with van der Waals surface area (Å²) in [5, 5.41) is 2.82. The zero-order chi connectivity index (χ0) is 15.1. The van der Waals surface area contributed by atoms with Crippen molar-refractivity contribution in [3.05, 3.63) is 59.7 Å². The molecule has 3 N–H and O–H groups in total. The Morgan fingerprint density at radius 3 is 2.76 bits per heavy atom. The fraction of sp³-hybridized carbons (Fsp3) is 0.235. The minimum atomic E-state index is -0.196. The Kier molecular flexibility index (Phi) is 5.35. The van der Waals surface area contributed by atoms with Crippen LogP contribution >= 0.6 is 0 Å². The predicted molar refractivity (Wildman–Crippen MR) is 84.3 cm³/mol. The molecule has 0 aromatic heterocycles. The number of ether oxygens (including phenoxy) is 1. The van der Waals surface area contributed by atoms with Crippen LogP contribution in [0.4, 0.5) is 5.69 Å². The van der Waals surface area contributed by atoms with Gasteiger partial charge in [0.2, 0.25) is 0 Å². The zero-order valence-electron chi connectivity index (χ0n) is 12.1. The van der Waals surface area contributed by atoms with Crippen molar-refractivity contribution >= 4 is 11.6 Å². The van der Waals surface area contributed by atoms with Gasteiger partial charge < -0.3 is 15.8 Å². The van der Waals surface area contributed by atoms with Crippen LogP contribution in [0, 0.1) is 0 Å². The highest BCUT2D eigenvalue weighted by molar-refractivity contribution is 5.92. The van der Waals surface area contributed by atoms with Crippen molar-refractivity contribution in [1.82, 2.24) is 0 Å². The van der Waals surface area contributed by atoms with Crippen LogP contribution in [0.15, 0.2) is 48.5 Å². The van der Waals surface area contributed by atoms with E-state index in [0.29, 0.717) is 12.3 Å². The van der Waals surface area contributed by atoms with Crippen molar-refractivity contribution in [2.75, 3.05) is 11.9 Å². The minimum absolute atomic E-state index is 0.0218.